The zero-order valence-electron chi connectivity index (χ0n) is 14.5. The lowest BCUT2D eigenvalue weighted by atomic mass is 10.1. The summed E-state index contributed by atoms with van der Waals surface area (Å²) in [6.07, 6.45) is 1.01. The Morgan fingerprint density at radius 2 is 1.59 bits per heavy atom. The zero-order valence-corrected chi connectivity index (χ0v) is 15.3. The molecule has 3 rings (SSSR count). The number of hydrogen-bond donors (Lipinski definition) is 1. The summed E-state index contributed by atoms with van der Waals surface area (Å²) >= 11 is 0. The fourth-order valence-electron chi connectivity index (χ4n) is 2.69. The number of amides is 1. The first-order valence-electron chi connectivity index (χ1n) is 8.10. The van der Waals surface area contributed by atoms with Gasteiger partial charge in [-0.1, -0.05) is 48.5 Å². The van der Waals surface area contributed by atoms with E-state index in [1.807, 2.05) is 36.4 Å². The van der Waals surface area contributed by atoms with E-state index in [0.717, 1.165) is 17.0 Å². The van der Waals surface area contributed by atoms with Gasteiger partial charge in [-0.2, -0.15) is 0 Å². The van der Waals surface area contributed by atoms with Gasteiger partial charge in [0.1, 0.15) is 0 Å². The Balaban J connectivity index is 1.70. The van der Waals surface area contributed by atoms with Crippen LogP contribution in [0.3, 0.4) is 0 Å². The van der Waals surface area contributed by atoms with Crippen LogP contribution in [0.15, 0.2) is 71.6 Å². The molecule has 0 saturated heterocycles. The number of ether oxygens (including phenoxy) is 1. The van der Waals surface area contributed by atoms with E-state index in [1.54, 1.807) is 6.07 Å². The maximum atomic E-state index is 12.2. The predicted molar refractivity (Wildman–Crippen MR) is 102 cm³/mol. The van der Waals surface area contributed by atoms with Crippen LogP contribution in [0.2, 0.25) is 0 Å². The quantitative estimate of drug-likeness (QED) is 0.684. The molecule has 1 amide bonds. The summed E-state index contributed by atoms with van der Waals surface area (Å²) in [4.78, 5) is 24.2. The minimum Gasteiger partial charge on any atom is -0.452 e. The molecule has 0 unspecified atom stereocenters. The lowest BCUT2D eigenvalue weighted by Crippen LogP contribution is -2.21. The van der Waals surface area contributed by atoms with Crippen LogP contribution < -0.4 is 5.32 Å². The normalized spacial score (nSPS) is 11.1. The molecule has 0 fully saturated rings. The number of nitrogens with one attached hydrogen (secondary N) is 1. The second-order valence-corrected chi connectivity index (χ2v) is 7.90. The molecule has 0 radical (unpaired) electrons. The van der Waals surface area contributed by atoms with E-state index in [-0.39, 0.29) is 10.5 Å². The third-order valence-electron chi connectivity index (χ3n) is 3.90. The summed E-state index contributed by atoms with van der Waals surface area (Å²) in [5.41, 5.74) is 0.503. The number of carbonyl (C=O) groups excluding carboxylic acids is 2. The fourth-order valence-corrected chi connectivity index (χ4v) is 3.56. The molecule has 0 heterocycles. The molecule has 1 N–H and O–H groups in total. The molecule has 0 bridgehead atoms. The molecule has 0 spiro atoms. The summed E-state index contributed by atoms with van der Waals surface area (Å²) in [5, 5.41) is 4.53. The first-order chi connectivity index (χ1) is 12.9. The Morgan fingerprint density at radius 3 is 2.37 bits per heavy atom. The first kappa shape index (κ1) is 18.6. The highest BCUT2D eigenvalue weighted by atomic mass is 32.2. The van der Waals surface area contributed by atoms with Gasteiger partial charge in [0.15, 0.2) is 16.4 Å². The predicted octanol–water partition coefficient (Wildman–Crippen LogP) is 3.04. The Hall–Kier alpha value is -3.19. The number of carbonyl (C=O) groups is 2. The Kier molecular flexibility index (Phi) is 5.23. The van der Waals surface area contributed by atoms with Gasteiger partial charge in [0.05, 0.1) is 10.5 Å². The van der Waals surface area contributed by atoms with Gasteiger partial charge >= 0.3 is 5.97 Å². The van der Waals surface area contributed by atoms with Crippen LogP contribution in [-0.4, -0.2) is 33.2 Å². The van der Waals surface area contributed by atoms with Gasteiger partial charge in [-0.05, 0) is 23.6 Å². The zero-order chi connectivity index (χ0) is 19.4. The van der Waals surface area contributed by atoms with Gasteiger partial charge in [0, 0.05) is 17.3 Å². The Labute approximate surface area is 156 Å². The van der Waals surface area contributed by atoms with Crippen LogP contribution in [0.1, 0.15) is 10.4 Å². The highest BCUT2D eigenvalue weighted by molar-refractivity contribution is 7.90. The van der Waals surface area contributed by atoms with Crippen molar-refractivity contribution in [2.45, 2.75) is 4.90 Å². The van der Waals surface area contributed by atoms with Crippen LogP contribution >= 0.6 is 0 Å². The minimum absolute atomic E-state index is 0.0991. The number of fused-ring (bicyclic) bond motifs is 1. The summed E-state index contributed by atoms with van der Waals surface area (Å²) in [5.74, 6) is -1.39. The van der Waals surface area contributed by atoms with Gasteiger partial charge in [0.25, 0.3) is 5.91 Å². The smallest absolute Gasteiger partial charge is 0.339 e. The second kappa shape index (κ2) is 7.59. The minimum atomic E-state index is -3.59. The maximum absolute atomic E-state index is 12.2. The number of rotatable bonds is 5. The fraction of sp³-hybridized carbons (Fsp3) is 0.100. The molecule has 0 aromatic heterocycles. The van der Waals surface area contributed by atoms with E-state index < -0.39 is 28.3 Å². The summed E-state index contributed by atoms with van der Waals surface area (Å²) in [6.45, 7) is -0.528. The molecular formula is C20H17NO5S. The third-order valence-corrected chi connectivity index (χ3v) is 5.06. The van der Waals surface area contributed by atoms with Crippen LogP contribution in [0, 0.1) is 0 Å². The Bertz CT molecular complexity index is 1120. The van der Waals surface area contributed by atoms with Crippen LogP contribution in [-0.2, 0) is 19.4 Å². The molecule has 138 valence electrons. The molecule has 0 atom stereocenters. The van der Waals surface area contributed by atoms with E-state index >= 15 is 0 Å². The monoisotopic (exact) mass is 383 g/mol. The number of sulfone groups is 1. The van der Waals surface area contributed by atoms with E-state index in [0.29, 0.717) is 5.69 Å². The first-order valence-corrected chi connectivity index (χ1v) is 9.99. The average molecular weight is 383 g/mol. The van der Waals surface area contributed by atoms with Crippen molar-refractivity contribution in [3.8, 4) is 0 Å². The summed E-state index contributed by atoms with van der Waals surface area (Å²) < 4.78 is 28.5. The van der Waals surface area contributed by atoms with Crippen molar-refractivity contribution < 1.29 is 22.7 Å². The lowest BCUT2D eigenvalue weighted by molar-refractivity contribution is -0.119. The molecule has 0 aliphatic carbocycles. The van der Waals surface area contributed by atoms with Crippen molar-refractivity contribution >= 4 is 38.2 Å². The van der Waals surface area contributed by atoms with Gasteiger partial charge in [-0.25, -0.2) is 13.2 Å². The van der Waals surface area contributed by atoms with Crippen molar-refractivity contribution in [3.05, 3.63) is 72.3 Å². The molecule has 0 saturated carbocycles. The van der Waals surface area contributed by atoms with Crippen molar-refractivity contribution in [2.75, 3.05) is 18.2 Å². The van der Waals surface area contributed by atoms with Gasteiger partial charge in [-0.15, -0.1) is 0 Å². The van der Waals surface area contributed by atoms with Crippen molar-refractivity contribution in [3.63, 3.8) is 0 Å². The van der Waals surface area contributed by atoms with Crippen LogP contribution in [0.25, 0.3) is 10.8 Å². The molecule has 27 heavy (non-hydrogen) atoms. The maximum Gasteiger partial charge on any atom is 0.339 e. The topological polar surface area (TPSA) is 89.5 Å². The van der Waals surface area contributed by atoms with Crippen molar-refractivity contribution in [1.82, 2.24) is 0 Å². The molecule has 0 aliphatic heterocycles. The molecular weight excluding hydrogens is 366 g/mol. The van der Waals surface area contributed by atoms with Crippen molar-refractivity contribution in [1.29, 1.82) is 0 Å². The van der Waals surface area contributed by atoms with Gasteiger partial charge < -0.3 is 10.1 Å². The summed E-state index contributed by atoms with van der Waals surface area (Å²) in [7, 11) is -3.59. The van der Waals surface area contributed by atoms with Crippen LogP contribution in [0.5, 0.6) is 0 Å². The molecule has 0 aliphatic rings. The summed E-state index contributed by atoms with van der Waals surface area (Å²) in [6, 6.07) is 18.8. The molecule has 6 nitrogen and oxygen atoms in total. The molecule has 3 aromatic rings. The third kappa shape index (κ3) is 4.32. The van der Waals surface area contributed by atoms with E-state index in [1.165, 1.54) is 24.3 Å². The Morgan fingerprint density at radius 1 is 0.926 bits per heavy atom. The lowest BCUT2D eigenvalue weighted by Gasteiger charge is -2.10. The number of esters is 1. The van der Waals surface area contributed by atoms with Crippen LogP contribution in [0.4, 0.5) is 5.69 Å². The molecule has 7 heteroatoms. The highest BCUT2D eigenvalue weighted by Gasteiger charge is 2.20. The number of benzene rings is 3. The van der Waals surface area contributed by atoms with E-state index in [9.17, 15) is 18.0 Å². The van der Waals surface area contributed by atoms with E-state index in [4.69, 9.17) is 4.74 Å². The van der Waals surface area contributed by atoms with Gasteiger partial charge in [0.2, 0.25) is 0 Å². The second-order valence-electron chi connectivity index (χ2n) is 5.92. The highest BCUT2D eigenvalue weighted by Crippen LogP contribution is 2.23. The SMILES string of the molecule is CS(=O)(=O)c1ccccc1C(=O)OCC(=O)Nc1cccc2ccccc12. The number of anilines is 1. The van der Waals surface area contributed by atoms with E-state index in [2.05, 4.69) is 5.32 Å². The molecule has 3 aromatic carbocycles. The van der Waals surface area contributed by atoms with Gasteiger partial charge in [-0.3, -0.25) is 4.79 Å². The van der Waals surface area contributed by atoms with Crippen molar-refractivity contribution in [2.24, 2.45) is 0 Å². The largest absolute Gasteiger partial charge is 0.452 e. The standard InChI is InChI=1S/C20H17NO5S/c1-27(24,25)18-12-5-4-10-16(18)20(23)26-13-19(22)21-17-11-6-8-14-7-2-3-9-15(14)17/h2-12H,13H2,1H3,(H,21,22). The number of hydrogen-bond acceptors (Lipinski definition) is 5. The average Bonchev–Trinajstić information content (AvgIpc) is 2.66.